The normalized spacial score (nSPS) is 8.92. The van der Waals surface area contributed by atoms with Crippen molar-refractivity contribution < 1.29 is 307 Å². The number of hydrogen-bond acceptors (Lipinski definition) is 16. The molecule has 48 heavy (non-hydrogen) atoms. The van der Waals surface area contributed by atoms with Gasteiger partial charge in [0.1, 0.15) is 0 Å². The molecule has 24 nitrogen and oxygen atoms in total. The van der Waals surface area contributed by atoms with E-state index in [4.69, 9.17) is 20.4 Å². The smallest absolute Gasteiger partial charge is 0.549 e. The molecule has 0 heterocycles. The molecular formula is C20H36K4N4O20. The van der Waals surface area contributed by atoms with Crippen molar-refractivity contribution in [3.05, 3.63) is 0 Å². The fraction of sp³-hybridized carbons (Fsp3) is 0.600. The first kappa shape index (κ1) is 75.0. The third-order valence-corrected chi connectivity index (χ3v) is 4.31. The van der Waals surface area contributed by atoms with Crippen LogP contribution in [0.1, 0.15) is 0 Å². The summed E-state index contributed by atoms with van der Waals surface area (Å²) in [6, 6.07) is 0. The Balaban J connectivity index is -0.0000000645. The SMILES string of the molecule is O.O.O.O.O=C([O-])CN(CCN(CC(=O)O)CC(=O)O)CC(=O)[O-].O=C([O-])CN(CCN(CC(=O)[O-])CC(=O)O)CC(=O)O.[K+].[K+].[K+].[K+]. The Labute approximate surface area is 443 Å². The Bertz CT molecular complexity index is 728. The van der Waals surface area contributed by atoms with Crippen LogP contribution in [-0.2, 0) is 38.4 Å². The molecule has 0 aromatic carbocycles. The van der Waals surface area contributed by atoms with E-state index < -0.39 is 100 Å². The molecule has 0 aromatic rings. The molecule has 0 bridgehead atoms. The van der Waals surface area contributed by atoms with Crippen LogP contribution in [0.4, 0.5) is 0 Å². The zero-order valence-electron chi connectivity index (χ0n) is 27.0. The number of nitrogens with zero attached hydrogens (tertiary/aromatic N) is 4. The molecule has 0 atom stereocenters. The van der Waals surface area contributed by atoms with Gasteiger partial charge in [0.05, 0.1) is 50.1 Å². The second-order valence-electron chi connectivity index (χ2n) is 7.91. The van der Waals surface area contributed by atoms with Crippen LogP contribution < -0.4 is 226 Å². The first-order valence-corrected chi connectivity index (χ1v) is 11.0. The maximum atomic E-state index is 10.5. The molecule has 12 N–H and O–H groups in total. The van der Waals surface area contributed by atoms with Crippen molar-refractivity contribution in [3.8, 4) is 0 Å². The van der Waals surface area contributed by atoms with Crippen LogP contribution >= 0.6 is 0 Å². The first-order chi connectivity index (χ1) is 18.4. The number of hydrogen-bond donors (Lipinski definition) is 4. The molecule has 0 unspecified atom stereocenters. The number of aliphatic carboxylic acids is 8. The van der Waals surface area contributed by atoms with Gasteiger partial charge >= 0.3 is 229 Å². The Morgan fingerprint density at radius 3 is 0.583 bits per heavy atom. The quantitative estimate of drug-likeness (QED) is 0.0738. The third kappa shape index (κ3) is 54.8. The molecule has 0 rings (SSSR count). The van der Waals surface area contributed by atoms with Gasteiger partial charge in [-0.05, 0) is 0 Å². The van der Waals surface area contributed by atoms with E-state index in [1.807, 2.05) is 0 Å². The summed E-state index contributed by atoms with van der Waals surface area (Å²) < 4.78 is 0. The Morgan fingerprint density at radius 2 is 0.458 bits per heavy atom. The average Bonchev–Trinajstić information content (AvgIpc) is 2.72. The molecule has 0 spiro atoms. The van der Waals surface area contributed by atoms with Gasteiger partial charge in [-0.25, -0.2) is 0 Å². The molecule has 0 amide bonds. The molecule has 0 saturated heterocycles. The van der Waals surface area contributed by atoms with Crippen LogP contribution in [0.3, 0.4) is 0 Å². The molecule has 28 heteroatoms. The van der Waals surface area contributed by atoms with E-state index in [9.17, 15) is 58.8 Å². The molecule has 0 aromatic heterocycles. The second kappa shape index (κ2) is 45.1. The van der Waals surface area contributed by atoms with Crippen LogP contribution in [0.2, 0.25) is 0 Å². The zero-order valence-corrected chi connectivity index (χ0v) is 39.5. The van der Waals surface area contributed by atoms with Gasteiger partial charge in [-0.2, -0.15) is 0 Å². The van der Waals surface area contributed by atoms with Crippen LogP contribution in [0, 0.1) is 0 Å². The summed E-state index contributed by atoms with van der Waals surface area (Å²) in [5.74, 6) is -11.0. The van der Waals surface area contributed by atoms with Crippen molar-refractivity contribution in [3.63, 3.8) is 0 Å². The summed E-state index contributed by atoms with van der Waals surface area (Å²) >= 11 is 0. The maximum Gasteiger partial charge on any atom is 1.00 e. The van der Waals surface area contributed by atoms with Gasteiger partial charge in [0.25, 0.3) is 0 Å². The van der Waals surface area contributed by atoms with Crippen LogP contribution in [0.25, 0.3) is 0 Å². The minimum Gasteiger partial charge on any atom is -0.549 e. The van der Waals surface area contributed by atoms with E-state index >= 15 is 0 Å². The van der Waals surface area contributed by atoms with Crippen molar-refractivity contribution in [2.45, 2.75) is 0 Å². The summed E-state index contributed by atoms with van der Waals surface area (Å²) in [4.78, 5) is 87.8. The van der Waals surface area contributed by atoms with E-state index in [1.54, 1.807) is 0 Å². The minimum absolute atomic E-state index is 0. The maximum absolute atomic E-state index is 10.5. The van der Waals surface area contributed by atoms with Gasteiger partial charge in [-0.3, -0.25) is 38.8 Å². The molecule has 0 aliphatic rings. The predicted octanol–water partition coefficient (Wildman–Crippen LogP) is -24.8. The topological polar surface area (TPSA) is 449 Å². The number of carboxylic acids is 8. The fourth-order valence-electron chi connectivity index (χ4n) is 2.92. The number of carboxylic acid groups (broad SMARTS) is 8. The van der Waals surface area contributed by atoms with Crippen molar-refractivity contribution in [1.29, 1.82) is 0 Å². The molecule has 0 aliphatic carbocycles. The molecule has 0 radical (unpaired) electrons. The average molecular weight is 809 g/mol. The van der Waals surface area contributed by atoms with Crippen molar-refractivity contribution in [1.82, 2.24) is 19.6 Å². The molecule has 0 saturated carbocycles. The molecular weight excluding hydrogens is 773 g/mol. The summed E-state index contributed by atoms with van der Waals surface area (Å²) in [7, 11) is 0. The first-order valence-electron chi connectivity index (χ1n) is 11.0. The third-order valence-electron chi connectivity index (χ3n) is 4.31. The van der Waals surface area contributed by atoms with Crippen molar-refractivity contribution in [2.75, 3.05) is 78.5 Å². The Hall–Kier alpha value is 1.99. The number of carbonyl (C=O) groups is 8. The molecule has 0 aliphatic heterocycles. The van der Waals surface area contributed by atoms with Gasteiger partial charge in [-0.15, -0.1) is 0 Å². The zero-order chi connectivity index (χ0) is 31.4. The minimum atomic E-state index is -1.51. The van der Waals surface area contributed by atoms with Gasteiger partial charge in [0, 0.05) is 52.4 Å². The predicted molar refractivity (Wildman–Crippen MR) is 131 cm³/mol. The van der Waals surface area contributed by atoms with Gasteiger partial charge < -0.3 is 81.9 Å². The van der Waals surface area contributed by atoms with Crippen LogP contribution in [-0.4, -0.2) is 188 Å². The van der Waals surface area contributed by atoms with Gasteiger partial charge in [0.2, 0.25) is 0 Å². The monoisotopic (exact) mass is 808 g/mol. The summed E-state index contributed by atoms with van der Waals surface area (Å²) in [6.07, 6.45) is 0. The summed E-state index contributed by atoms with van der Waals surface area (Å²) in [5, 5.41) is 76.1. The largest absolute Gasteiger partial charge is 1.00 e. The summed E-state index contributed by atoms with van der Waals surface area (Å²) in [6.45, 7) is -5.50. The van der Waals surface area contributed by atoms with E-state index in [0.717, 1.165) is 19.6 Å². The van der Waals surface area contributed by atoms with Crippen molar-refractivity contribution in [2.24, 2.45) is 0 Å². The van der Waals surface area contributed by atoms with Gasteiger partial charge in [0.15, 0.2) is 0 Å². The molecule has 260 valence electrons. The van der Waals surface area contributed by atoms with Gasteiger partial charge in [-0.1, -0.05) is 0 Å². The van der Waals surface area contributed by atoms with E-state index in [0.29, 0.717) is 0 Å². The van der Waals surface area contributed by atoms with Crippen LogP contribution in [0.5, 0.6) is 0 Å². The second-order valence-corrected chi connectivity index (χ2v) is 7.91. The van der Waals surface area contributed by atoms with E-state index in [-0.39, 0.29) is 254 Å². The molecule has 0 fully saturated rings. The fourth-order valence-corrected chi connectivity index (χ4v) is 2.92. The van der Waals surface area contributed by atoms with E-state index in [2.05, 4.69) is 0 Å². The number of rotatable bonds is 22. The van der Waals surface area contributed by atoms with Crippen LogP contribution in [0.15, 0.2) is 0 Å². The Kier molecular flexibility index (Phi) is 70.6. The Morgan fingerprint density at radius 1 is 0.333 bits per heavy atom. The standard InChI is InChI=1S/2C10H16N2O8.4K.4H2O/c2*13-7(14)3-11(4-8(15)16)1-2-12(5-9(17)18)6-10(19)20;;;;;;;;/h2*1-6H2,(H,13,14)(H,15,16)(H,17,18)(H,19,20);;;;;4*1H2/q;;4*+1;;;;/p-4. The van der Waals surface area contributed by atoms with E-state index in [1.165, 1.54) is 0 Å². The summed E-state index contributed by atoms with van der Waals surface area (Å²) in [5.41, 5.74) is 0. The number of carbonyl (C=O) groups excluding carboxylic acids is 4. The van der Waals surface area contributed by atoms with Crippen molar-refractivity contribution >= 4 is 47.8 Å².